The molecule has 0 saturated heterocycles. The Labute approximate surface area is 167 Å². The van der Waals surface area contributed by atoms with E-state index in [0.717, 1.165) is 16.7 Å². The predicted octanol–water partition coefficient (Wildman–Crippen LogP) is 3.00. The third-order valence-corrected chi connectivity index (χ3v) is 4.65. The molecule has 6 nitrogen and oxygen atoms in total. The summed E-state index contributed by atoms with van der Waals surface area (Å²) in [5.74, 6) is -1.97. The van der Waals surface area contributed by atoms with Gasteiger partial charge in [0.1, 0.15) is 17.5 Å². The van der Waals surface area contributed by atoms with Crippen molar-refractivity contribution in [2.45, 2.75) is 13.1 Å². The van der Waals surface area contributed by atoms with Gasteiger partial charge in [0.2, 0.25) is 0 Å². The quantitative estimate of drug-likeness (QED) is 0.474. The molecule has 0 amide bonds. The normalized spacial score (nSPS) is 11.2. The lowest BCUT2D eigenvalue weighted by Gasteiger charge is -2.12. The van der Waals surface area contributed by atoms with E-state index >= 15 is 0 Å². The lowest BCUT2D eigenvalue weighted by molar-refractivity contribution is 0.567. The van der Waals surface area contributed by atoms with Gasteiger partial charge in [-0.3, -0.25) is 9.36 Å². The SMILES string of the molecule is C=CCn1c(=O)c2c(ncn2Cc2ccc(F)cc2F)n(-c2ccc(F)cc2)c1=O. The molecule has 0 aliphatic rings. The lowest BCUT2D eigenvalue weighted by atomic mass is 10.2. The smallest absolute Gasteiger partial charge is 0.320 e. The summed E-state index contributed by atoms with van der Waals surface area (Å²) in [5.41, 5.74) is -0.762. The Bertz CT molecular complexity index is 1380. The number of hydrogen-bond donors (Lipinski definition) is 0. The summed E-state index contributed by atoms with van der Waals surface area (Å²) in [7, 11) is 0. The molecule has 0 unspecified atom stereocenters. The minimum absolute atomic E-state index is 0.0411. The van der Waals surface area contributed by atoms with Crippen LogP contribution in [-0.4, -0.2) is 18.7 Å². The first-order chi connectivity index (χ1) is 14.4. The highest BCUT2D eigenvalue weighted by Crippen LogP contribution is 2.17. The molecule has 0 radical (unpaired) electrons. The van der Waals surface area contributed by atoms with Crippen molar-refractivity contribution < 1.29 is 13.2 Å². The van der Waals surface area contributed by atoms with Gasteiger partial charge in [-0.1, -0.05) is 12.1 Å². The maximum atomic E-state index is 14.1. The average Bonchev–Trinajstić information content (AvgIpc) is 3.12. The van der Waals surface area contributed by atoms with Crippen molar-refractivity contribution in [3.63, 3.8) is 0 Å². The van der Waals surface area contributed by atoms with Gasteiger partial charge in [-0.25, -0.2) is 27.5 Å². The molecule has 0 bridgehead atoms. The van der Waals surface area contributed by atoms with E-state index in [2.05, 4.69) is 11.6 Å². The standard InChI is InChI=1S/C21H15F3N4O2/c1-2-9-27-20(29)18-19(28(21(27)30)16-7-5-14(22)6-8-16)25-12-26(18)11-13-3-4-15(23)10-17(13)24/h2-8,10,12H,1,9,11H2. The summed E-state index contributed by atoms with van der Waals surface area (Å²) < 4.78 is 44.2. The molecule has 0 saturated carbocycles. The molecular weight excluding hydrogens is 397 g/mol. The van der Waals surface area contributed by atoms with Gasteiger partial charge in [0.25, 0.3) is 5.56 Å². The van der Waals surface area contributed by atoms with E-state index in [1.807, 2.05) is 0 Å². The second kappa shape index (κ2) is 7.51. The fourth-order valence-electron chi connectivity index (χ4n) is 3.25. The van der Waals surface area contributed by atoms with Crippen LogP contribution in [0.4, 0.5) is 13.2 Å². The van der Waals surface area contributed by atoms with Crippen molar-refractivity contribution in [3.8, 4) is 5.69 Å². The molecule has 0 aliphatic carbocycles. The molecule has 4 aromatic rings. The molecule has 2 heterocycles. The van der Waals surface area contributed by atoms with Gasteiger partial charge in [0, 0.05) is 18.2 Å². The first-order valence-electron chi connectivity index (χ1n) is 8.92. The van der Waals surface area contributed by atoms with E-state index in [1.165, 1.54) is 51.9 Å². The molecule has 0 aliphatic heterocycles. The van der Waals surface area contributed by atoms with Gasteiger partial charge in [-0.15, -0.1) is 6.58 Å². The molecule has 4 rings (SSSR count). The first-order valence-corrected chi connectivity index (χ1v) is 8.92. The van der Waals surface area contributed by atoms with Crippen LogP contribution in [0.15, 0.2) is 71.0 Å². The van der Waals surface area contributed by atoms with Crippen LogP contribution < -0.4 is 11.2 Å². The highest BCUT2D eigenvalue weighted by Gasteiger charge is 2.19. The van der Waals surface area contributed by atoms with Gasteiger partial charge in [-0.05, 0) is 30.3 Å². The number of nitrogens with zero attached hydrogens (tertiary/aromatic N) is 4. The van der Waals surface area contributed by atoms with Gasteiger partial charge in [0.05, 0.1) is 18.6 Å². The highest BCUT2D eigenvalue weighted by molar-refractivity contribution is 5.72. The van der Waals surface area contributed by atoms with Crippen molar-refractivity contribution in [1.82, 2.24) is 18.7 Å². The van der Waals surface area contributed by atoms with Gasteiger partial charge in [0.15, 0.2) is 11.2 Å². The number of hydrogen-bond acceptors (Lipinski definition) is 3. The van der Waals surface area contributed by atoms with Crippen LogP contribution in [0.2, 0.25) is 0 Å². The van der Waals surface area contributed by atoms with Gasteiger partial charge >= 0.3 is 5.69 Å². The van der Waals surface area contributed by atoms with Crippen LogP contribution in [-0.2, 0) is 13.1 Å². The molecule has 30 heavy (non-hydrogen) atoms. The largest absolute Gasteiger partial charge is 0.337 e. The lowest BCUT2D eigenvalue weighted by Crippen LogP contribution is -2.39. The summed E-state index contributed by atoms with van der Waals surface area (Å²) >= 11 is 0. The molecule has 0 atom stereocenters. The van der Waals surface area contributed by atoms with E-state index in [1.54, 1.807) is 0 Å². The average molecular weight is 412 g/mol. The fraction of sp³-hybridized carbons (Fsp3) is 0.0952. The van der Waals surface area contributed by atoms with Crippen LogP contribution in [0.1, 0.15) is 5.56 Å². The zero-order chi connectivity index (χ0) is 21.4. The summed E-state index contributed by atoms with van der Waals surface area (Å²) in [6.45, 7) is 3.40. The van der Waals surface area contributed by atoms with Crippen LogP contribution in [0, 0.1) is 17.5 Å². The maximum absolute atomic E-state index is 14.1. The first kappa shape index (κ1) is 19.4. The maximum Gasteiger partial charge on any atom is 0.337 e. The van der Waals surface area contributed by atoms with Crippen molar-refractivity contribution in [3.05, 3.63) is 105 Å². The fourth-order valence-corrected chi connectivity index (χ4v) is 3.25. The Morgan fingerprint density at radius 1 is 1.00 bits per heavy atom. The van der Waals surface area contributed by atoms with Crippen molar-refractivity contribution >= 4 is 11.2 Å². The monoisotopic (exact) mass is 412 g/mol. The van der Waals surface area contributed by atoms with Crippen molar-refractivity contribution in [2.24, 2.45) is 0 Å². The predicted molar refractivity (Wildman–Crippen MR) is 105 cm³/mol. The molecule has 2 aromatic carbocycles. The van der Waals surface area contributed by atoms with Gasteiger partial charge < -0.3 is 4.57 Å². The number of allylic oxidation sites excluding steroid dienone is 1. The molecule has 0 N–H and O–H groups in total. The second-order valence-electron chi connectivity index (χ2n) is 6.58. The Hall–Kier alpha value is -3.88. The number of rotatable bonds is 5. The highest BCUT2D eigenvalue weighted by atomic mass is 19.1. The van der Waals surface area contributed by atoms with E-state index in [-0.39, 0.29) is 29.8 Å². The van der Waals surface area contributed by atoms with E-state index in [9.17, 15) is 22.8 Å². The van der Waals surface area contributed by atoms with Crippen LogP contribution in [0.5, 0.6) is 0 Å². The summed E-state index contributed by atoms with van der Waals surface area (Å²) in [6, 6.07) is 8.27. The minimum atomic E-state index is -0.768. The van der Waals surface area contributed by atoms with Crippen LogP contribution >= 0.6 is 0 Å². The molecule has 0 fully saturated rings. The molecular formula is C21H15F3N4O2. The van der Waals surface area contributed by atoms with Crippen molar-refractivity contribution in [2.75, 3.05) is 0 Å². The zero-order valence-electron chi connectivity index (χ0n) is 15.6. The topological polar surface area (TPSA) is 61.8 Å². The van der Waals surface area contributed by atoms with Crippen LogP contribution in [0.25, 0.3) is 16.9 Å². The Kier molecular flexibility index (Phi) is 4.86. The number of halogens is 3. The third-order valence-electron chi connectivity index (χ3n) is 4.65. The van der Waals surface area contributed by atoms with Crippen LogP contribution in [0.3, 0.4) is 0 Å². The zero-order valence-corrected chi connectivity index (χ0v) is 15.6. The van der Waals surface area contributed by atoms with E-state index in [4.69, 9.17) is 0 Å². The third kappa shape index (κ3) is 3.24. The van der Waals surface area contributed by atoms with Gasteiger partial charge in [-0.2, -0.15) is 0 Å². The molecule has 2 aromatic heterocycles. The summed E-state index contributed by atoms with van der Waals surface area (Å²) in [6.07, 6.45) is 2.69. The molecule has 152 valence electrons. The van der Waals surface area contributed by atoms with E-state index in [0.29, 0.717) is 5.69 Å². The number of imidazole rings is 1. The Morgan fingerprint density at radius 2 is 1.70 bits per heavy atom. The minimum Gasteiger partial charge on any atom is -0.320 e. The molecule has 0 spiro atoms. The summed E-state index contributed by atoms with van der Waals surface area (Å²) in [4.78, 5) is 30.2. The summed E-state index contributed by atoms with van der Waals surface area (Å²) in [5, 5.41) is 0. The van der Waals surface area contributed by atoms with E-state index < -0.39 is 28.7 Å². The van der Waals surface area contributed by atoms with Crippen molar-refractivity contribution in [1.29, 1.82) is 0 Å². The number of benzene rings is 2. The second-order valence-corrected chi connectivity index (χ2v) is 6.58. The Morgan fingerprint density at radius 3 is 2.37 bits per heavy atom. The number of aromatic nitrogens is 4. The molecule has 9 heteroatoms. The Balaban J connectivity index is 1.99. The number of fused-ring (bicyclic) bond motifs is 1.